The Morgan fingerprint density at radius 2 is 2.16 bits per heavy atom. The van der Waals surface area contributed by atoms with Crippen molar-refractivity contribution < 1.29 is 4.79 Å². The molecule has 2 aromatic rings. The van der Waals surface area contributed by atoms with Crippen LogP contribution in [0.25, 0.3) is 5.69 Å². The zero-order chi connectivity index (χ0) is 13.3. The second kappa shape index (κ2) is 4.53. The van der Waals surface area contributed by atoms with E-state index < -0.39 is 0 Å². The van der Waals surface area contributed by atoms with Crippen LogP contribution in [0.4, 0.5) is 0 Å². The topological polar surface area (TPSA) is 46.9 Å². The van der Waals surface area contributed by atoms with Crippen LogP contribution in [0, 0.1) is 0 Å². The van der Waals surface area contributed by atoms with Crippen molar-refractivity contribution >= 4 is 5.91 Å². The second-order valence-corrected chi connectivity index (χ2v) is 5.40. The number of aromatic nitrogens is 2. The minimum absolute atomic E-state index is 0.0930. The third kappa shape index (κ3) is 2.52. The van der Waals surface area contributed by atoms with E-state index in [4.69, 9.17) is 0 Å². The molecule has 0 aliphatic carbocycles. The van der Waals surface area contributed by atoms with Gasteiger partial charge in [0.2, 0.25) is 5.91 Å². The molecule has 1 N–H and O–H groups in total. The number of benzene rings is 1. The van der Waals surface area contributed by atoms with E-state index in [1.807, 2.05) is 16.9 Å². The Hall–Kier alpha value is -2.10. The van der Waals surface area contributed by atoms with Gasteiger partial charge in [0.05, 0.1) is 5.69 Å². The zero-order valence-electron chi connectivity index (χ0n) is 11.0. The number of hydrogen-bond acceptors (Lipinski definition) is 2. The van der Waals surface area contributed by atoms with Crippen molar-refractivity contribution in [3.05, 3.63) is 48.3 Å². The van der Waals surface area contributed by atoms with E-state index in [2.05, 4.69) is 41.6 Å². The molecule has 1 amide bonds. The number of rotatable bonds is 3. The highest BCUT2D eigenvalue weighted by atomic mass is 16.2. The fourth-order valence-corrected chi connectivity index (χ4v) is 2.62. The Kier molecular flexibility index (Phi) is 2.85. The van der Waals surface area contributed by atoms with Crippen LogP contribution < -0.4 is 5.32 Å². The maximum absolute atomic E-state index is 11.3. The van der Waals surface area contributed by atoms with Gasteiger partial charge in [-0.05, 0) is 43.5 Å². The highest BCUT2D eigenvalue weighted by molar-refractivity contribution is 5.79. The summed E-state index contributed by atoms with van der Waals surface area (Å²) in [6.45, 7) is 2.11. The Morgan fingerprint density at radius 3 is 2.74 bits per heavy atom. The van der Waals surface area contributed by atoms with Crippen LogP contribution in [0.1, 0.15) is 25.3 Å². The van der Waals surface area contributed by atoms with Crippen LogP contribution in [-0.2, 0) is 11.2 Å². The monoisotopic (exact) mass is 255 g/mol. The lowest BCUT2D eigenvalue weighted by molar-refractivity contribution is -0.119. The minimum Gasteiger partial charge on any atom is -0.351 e. The molecule has 1 aromatic carbocycles. The second-order valence-electron chi connectivity index (χ2n) is 5.40. The molecule has 1 atom stereocenters. The quantitative estimate of drug-likeness (QED) is 0.912. The molecule has 1 aliphatic rings. The van der Waals surface area contributed by atoms with Crippen molar-refractivity contribution in [1.82, 2.24) is 15.1 Å². The highest BCUT2D eigenvalue weighted by Crippen LogP contribution is 2.24. The normalized spacial score (nSPS) is 22.5. The van der Waals surface area contributed by atoms with Crippen LogP contribution in [0.5, 0.6) is 0 Å². The minimum atomic E-state index is -0.0930. The maximum atomic E-state index is 11.3. The maximum Gasteiger partial charge on any atom is 0.220 e. The number of carbonyl (C=O) groups excluding carboxylic acids is 1. The molecular weight excluding hydrogens is 238 g/mol. The number of carbonyl (C=O) groups is 1. The van der Waals surface area contributed by atoms with Gasteiger partial charge >= 0.3 is 0 Å². The molecule has 1 fully saturated rings. The molecule has 1 unspecified atom stereocenters. The summed E-state index contributed by atoms with van der Waals surface area (Å²) in [5.74, 6) is 0.163. The van der Waals surface area contributed by atoms with Gasteiger partial charge < -0.3 is 5.32 Å². The average Bonchev–Trinajstić information content (AvgIpc) is 3.01. The molecule has 1 aliphatic heterocycles. The molecule has 2 heterocycles. The lowest BCUT2D eigenvalue weighted by Gasteiger charge is -2.24. The molecule has 4 heteroatoms. The van der Waals surface area contributed by atoms with Crippen LogP contribution in [0.3, 0.4) is 0 Å². The van der Waals surface area contributed by atoms with E-state index in [1.54, 1.807) is 6.20 Å². The van der Waals surface area contributed by atoms with E-state index in [0.717, 1.165) is 18.5 Å². The number of nitrogens with one attached hydrogen (secondary N) is 1. The van der Waals surface area contributed by atoms with Crippen molar-refractivity contribution in [3.8, 4) is 5.69 Å². The summed E-state index contributed by atoms with van der Waals surface area (Å²) in [4.78, 5) is 11.3. The first-order valence-electron chi connectivity index (χ1n) is 6.55. The first-order valence-corrected chi connectivity index (χ1v) is 6.55. The summed E-state index contributed by atoms with van der Waals surface area (Å²) in [5, 5.41) is 7.27. The van der Waals surface area contributed by atoms with Gasteiger partial charge in [0.1, 0.15) is 0 Å². The van der Waals surface area contributed by atoms with Crippen molar-refractivity contribution in [2.75, 3.05) is 0 Å². The van der Waals surface area contributed by atoms with Crippen molar-refractivity contribution in [1.29, 1.82) is 0 Å². The molecule has 1 saturated heterocycles. The molecule has 3 rings (SSSR count). The van der Waals surface area contributed by atoms with Crippen LogP contribution in [0.2, 0.25) is 0 Å². The number of nitrogens with zero attached hydrogens (tertiary/aromatic N) is 2. The first kappa shape index (κ1) is 12.0. The largest absolute Gasteiger partial charge is 0.351 e. The summed E-state index contributed by atoms with van der Waals surface area (Å²) in [6.07, 6.45) is 6.11. The smallest absolute Gasteiger partial charge is 0.220 e. The van der Waals surface area contributed by atoms with Gasteiger partial charge in [0, 0.05) is 24.4 Å². The Labute approximate surface area is 112 Å². The lowest BCUT2D eigenvalue weighted by Crippen LogP contribution is -2.40. The predicted molar refractivity (Wildman–Crippen MR) is 73.0 cm³/mol. The van der Waals surface area contributed by atoms with Crippen LogP contribution in [-0.4, -0.2) is 21.2 Å². The van der Waals surface area contributed by atoms with Crippen LogP contribution in [0.15, 0.2) is 42.7 Å². The van der Waals surface area contributed by atoms with Gasteiger partial charge in [0.15, 0.2) is 0 Å². The molecule has 0 spiro atoms. The van der Waals surface area contributed by atoms with E-state index in [-0.39, 0.29) is 11.4 Å². The van der Waals surface area contributed by atoms with E-state index in [9.17, 15) is 4.79 Å². The van der Waals surface area contributed by atoms with Gasteiger partial charge in [-0.2, -0.15) is 5.10 Å². The van der Waals surface area contributed by atoms with Crippen LogP contribution >= 0.6 is 0 Å². The number of hydrogen-bond donors (Lipinski definition) is 1. The Bertz CT molecular complexity index is 574. The average molecular weight is 255 g/mol. The summed E-state index contributed by atoms with van der Waals surface area (Å²) >= 11 is 0. The van der Waals surface area contributed by atoms with E-state index in [0.29, 0.717) is 6.42 Å². The molecule has 4 nitrogen and oxygen atoms in total. The van der Waals surface area contributed by atoms with Gasteiger partial charge in [-0.1, -0.05) is 12.1 Å². The van der Waals surface area contributed by atoms with Crippen molar-refractivity contribution in [2.45, 2.75) is 31.7 Å². The highest BCUT2D eigenvalue weighted by Gasteiger charge is 2.32. The lowest BCUT2D eigenvalue weighted by atomic mass is 9.91. The molecule has 1 aromatic heterocycles. The number of amides is 1. The summed E-state index contributed by atoms with van der Waals surface area (Å²) in [7, 11) is 0. The summed E-state index contributed by atoms with van der Waals surface area (Å²) in [5.41, 5.74) is 2.19. The zero-order valence-corrected chi connectivity index (χ0v) is 11.0. The van der Waals surface area contributed by atoms with Gasteiger partial charge in [-0.3, -0.25) is 4.79 Å². The summed E-state index contributed by atoms with van der Waals surface area (Å²) < 4.78 is 1.84. The van der Waals surface area contributed by atoms with Gasteiger partial charge in [-0.15, -0.1) is 0 Å². The van der Waals surface area contributed by atoms with Gasteiger partial charge in [0.25, 0.3) is 0 Å². The third-order valence-electron chi connectivity index (χ3n) is 3.64. The molecule has 98 valence electrons. The molecule has 0 radical (unpaired) electrons. The fraction of sp³-hybridized carbons (Fsp3) is 0.333. The fourth-order valence-electron chi connectivity index (χ4n) is 2.62. The van der Waals surface area contributed by atoms with Gasteiger partial charge in [-0.25, -0.2) is 4.68 Å². The Balaban J connectivity index is 1.75. The Morgan fingerprint density at radius 1 is 1.37 bits per heavy atom. The van der Waals surface area contributed by atoms with E-state index in [1.165, 1.54) is 5.56 Å². The predicted octanol–water partition coefficient (Wildman–Crippen LogP) is 2.08. The molecule has 0 bridgehead atoms. The van der Waals surface area contributed by atoms with E-state index >= 15 is 0 Å². The molecule has 19 heavy (non-hydrogen) atoms. The summed E-state index contributed by atoms with van der Waals surface area (Å²) in [6, 6.07) is 10.2. The molecule has 0 saturated carbocycles. The molecular formula is C15H17N3O. The standard InChI is InChI=1S/C15H17N3O/c1-15(8-7-14(19)17-15)11-12-3-5-13(6-4-12)18-10-2-9-16-18/h2-6,9-10H,7-8,11H2,1H3,(H,17,19). The third-order valence-corrected chi connectivity index (χ3v) is 3.64. The SMILES string of the molecule is CC1(Cc2ccc(-n3cccn3)cc2)CCC(=O)N1. The first-order chi connectivity index (χ1) is 9.15. The van der Waals surface area contributed by atoms with Crippen molar-refractivity contribution in [2.24, 2.45) is 0 Å². The van der Waals surface area contributed by atoms with Crippen molar-refractivity contribution in [3.63, 3.8) is 0 Å².